The molecule has 0 unspecified atom stereocenters. The summed E-state index contributed by atoms with van der Waals surface area (Å²) in [5.41, 5.74) is 4.72. The van der Waals surface area contributed by atoms with Gasteiger partial charge in [0.1, 0.15) is 0 Å². The van der Waals surface area contributed by atoms with Crippen LogP contribution in [0.5, 0.6) is 0 Å². The second kappa shape index (κ2) is 6.79. The first-order chi connectivity index (χ1) is 13.7. The van der Waals surface area contributed by atoms with Gasteiger partial charge >= 0.3 is 0 Å². The average Bonchev–Trinajstić information content (AvgIpc) is 3.40. The summed E-state index contributed by atoms with van der Waals surface area (Å²) < 4.78 is 0. The first-order valence-corrected chi connectivity index (χ1v) is 9.95. The number of anilines is 1. The minimum absolute atomic E-state index is 0.0721. The maximum absolute atomic E-state index is 12.9. The Morgan fingerprint density at radius 3 is 2.29 bits per heavy atom. The maximum Gasteiger partial charge on any atom is 0.256 e. The number of rotatable bonds is 3. The molecule has 4 heteroatoms. The van der Waals surface area contributed by atoms with Gasteiger partial charge in [-0.25, -0.2) is 0 Å². The molecule has 3 aromatic carbocycles. The third-order valence-corrected chi connectivity index (χ3v) is 5.90. The SMILES string of the molecule is O=C(Nc1ccc(C(=O)N2CCCC2)cc1)c1ccc2c3c(cccc13)CC2. The number of aryl methyl sites for hydroxylation is 2. The molecular weight excluding hydrogens is 348 g/mol. The van der Waals surface area contributed by atoms with Crippen LogP contribution in [-0.2, 0) is 12.8 Å². The van der Waals surface area contributed by atoms with Crippen LogP contribution in [0.15, 0.2) is 54.6 Å². The van der Waals surface area contributed by atoms with Gasteiger partial charge in [-0.2, -0.15) is 0 Å². The third-order valence-electron chi connectivity index (χ3n) is 5.90. The van der Waals surface area contributed by atoms with Gasteiger partial charge in [-0.05, 0) is 77.9 Å². The largest absolute Gasteiger partial charge is 0.339 e. The number of likely N-dealkylation sites (tertiary alicyclic amines) is 1. The van der Waals surface area contributed by atoms with Crippen LogP contribution in [0.2, 0.25) is 0 Å². The second-order valence-corrected chi connectivity index (χ2v) is 7.64. The topological polar surface area (TPSA) is 49.4 Å². The molecule has 0 bridgehead atoms. The number of benzene rings is 3. The third kappa shape index (κ3) is 2.85. The van der Waals surface area contributed by atoms with E-state index in [0.717, 1.165) is 44.2 Å². The lowest BCUT2D eigenvalue weighted by Gasteiger charge is -2.15. The normalized spacial score (nSPS) is 15.2. The summed E-state index contributed by atoms with van der Waals surface area (Å²) >= 11 is 0. The van der Waals surface area contributed by atoms with E-state index in [0.29, 0.717) is 16.8 Å². The zero-order valence-corrected chi connectivity index (χ0v) is 15.7. The summed E-state index contributed by atoms with van der Waals surface area (Å²) in [7, 11) is 0. The molecule has 1 saturated heterocycles. The van der Waals surface area contributed by atoms with Gasteiger partial charge in [-0.3, -0.25) is 9.59 Å². The van der Waals surface area contributed by atoms with E-state index in [9.17, 15) is 9.59 Å². The highest BCUT2D eigenvalue weighted by Crippen LogP contribution is 2.33. The van der Waals surface area contributed by atoms with Crippen molar-refractivity contribution >= 4 is 28.3 Å². The van der Waals surface area contributed by atoms with Crippen molar-refractivity contribution < 1.29 is 9.59 Å². The van der Waals surface area contributed by atoms with E-state index >= 15 is 0 Å². The number of hydrogen-bond donors (Lipinski definition) is 1. The summed E-state index contributed by atoms with van der Waals surface area (Å²) in [6.07, 6.45) is 4.25. The van der Waals surface area contributed by atoms with Crippen LogP contribution in [-0.4, -0.2) is 29.8 Å². The van der Waals surface area contributed by atoms with Crippen LogP contribution in [0.1, 0.15) is 44.7 Å². The highest BCUT2D eigenvalue weighted by Gasteiger charge is 2.20. The summed E-state index contributed by atoms with van der Waals surface area (Å²) in [5, 5.41) is 5.24. The summed E-state index contributed by atoms with van der Waals surface area (Å²) in [6.45, 7) is 1.67. The van der Waals surface area contributed by atoms with Crippen molar-refractivity contribution in [3.8, 4) is 0 Å². The fraction of sp³-hybridized carbons (Fsp3) is 0.250. The molecule has 1 fully saturated rings. The molecule has 28 heavy (non-hydrogen) atoms. The molecule has 140 valence electrons. The molecule has 2 aliphatic rings. The Balaban J connectivity index is 1.38. The Bertz CT molecular complexity index is 1070. The Kier molecular flexibility index (Phi) is 4.12. The highest BCUT2D eigenvalue weighted by atomic mass is 16.2. The smallest absolute Gasteiger partial charge is 0.256 e. The van der Waals surface area contributed by atoms with Crippen LogP contribution in [0.25, 0.3) is 10.8 Å². The first kappa shape index (κ1) is 17.0. The molecule has 0 spiro atoms. The first-order valence-electron chi connectivity index (χ1n) is 9.95. The summed E-state index contributed by atoms with van der Waals surface area (Å²) in [4.78, 5) is 27.3. The standard InChI is InChI=1S/C24H22N2O2/c27-23(21-13-10-17-7-6-16-4-3-5-20(21)22(16)17)25-19-11-8-18(9-12-19)24(28)26-14-1-2-15-26/h3-5,8-13H,1-2,6-7,14-15H2,(H,25,27). The molecule has 3 aromatic rings. The van der Waals surface area contributed by atoms with E-state index < -0.39 is 0 Å². The van der Waals surface area contributed by atoms with Crippen molar-refractivity contribution in [3.05, 3.63) is 76.9 Å². The van der Waals surface area contributed by atoms with E-state index in [1.165, 1.54) is 16.5 Å². The highest BCUT2D eigenvalue weighted by molar-refractivity contribution is 6.14. The van der Waals surface area contributed by atoms with Crippen LogP contribution in [0.4, 0.5) is 5.69 Å². The molecule has 0 saturated carbocycles. The lowest BCUT2D eigenvalue weighted by Crippen LogP contribution is -2.27. The number of hydrogen-bond acceptors (Lipinski definition) is 2. The van der Waals surface area contributed by atoms with Gasteiger partial charge in [-0.15, -0.1) is 0 Å². The molecular formula is C24H22N2O2. The number of carbonyl (C=O) groups excluding carboxylic acids is 2. The number of carbonyl (C=O) groups is 2. The van der Waals surface area contributed by atoms with Crippen LogP contribution in [0, 0.1) is 0 Å². The second-order valence-electron chi connectivity index (χ2n) is 7.64. The van der Waals surface area contributed by atoms with Gasteiger partial charge in [0, 0.05) is 29.9 Å². The lowest BCUT2D eigenvalue weighted by molar-refractivity contribution is 0.0792. The lowest BCUT2D eigenvalue weighted by atomic mass is 9.99. The fourth-order valence-corrected chi connectivity index (χ4v) is 4.44. The van der Waals surface area contributed by atoms with Crippen molar-refractivity contribution in [1.29, 1.82) is 0 Å². The van der Waals surface area contributed by atoms with E-state index in [1.54, 1.807) is 24.3 Å². The predicted molar refractivity (Wildman–Crippen MR) is 111 cm³/mol. The monoisotopic (exact) mass is 370 g/mol. The molecule has 0 aromatic heterocycles. The van der Waals surface area contributed by atoms with Gasteiger partial charge in [-0.1, -0.05) is 24.3 Å². The maximum atomic E-state index is 12.9. The van der Waals surface area contributed by atoms with Crippen LogP contribution in [0.3, 0.4) is 0 Å². The van der Waals surface area contributed by atoms with Crippen molar-refractivity contribution in [2.45, 2.75) is 25.7 Å². The molecule has 4 nitrogen and oxygen atoms in total. The van der Waals surface area contributed by atoms with Crippen molar-refractivity contribution in [2.24, 2.45) is 0 Å². The number of nitrogens with zero attached hydrogens (tertiary/aromatic N) is 1. The van der Waals surface area contributed by atoms with Crippen molar-refractivity contribution in [1.82, 2.24) is 4.90 Å². The van der Waals surface area contributed by atoms with Gasteiger partial charge in [0.05, 0.1) is 0 Å². The molecule has 5 rings (SSSR count). The molecule has 2 amide bonds. The van der Waals surface area contributed by atoms with Crippen LogP contribution < -0.4 is 5.32 Å². The summed E-state index contributed by atoms with van der Waals surface area (Å²) in [5.74, 6) is -0.0444. The number of nitrogens with one attached hydrogen (secondary N) is 1. The molecule has 0 atom stereocenters. The zero-order valence-electron chi connectivity index (χ0n) is 15.7. The molecule has 1 N–H and O–H groups in total. The molecule has 0 radical (unpaired) electrons. The van der Waals surface area contributed by atoms with E-state index in [4.69, 9.17) is 0 Å². The van der Waals surface area contributed by atoms with Crippen molar-refractivity contribution in [2.75, 3.05) is 18.4 Å². The van der Waals surface area contributed by atoms with Crippen molar-refractivity contribution in [3.63, 3.8) is 0 Å². The summed E-state index contributed by atoms with van der Waals surface area (Å²) in [6, 6.07) is 17.4. The van der Waals surface area contributed by atoms with Gasteiger partial charge in [0.2, 0.25) is 0 Å². The van der Waals surface area contributed by atoms with E-state index in [-0.39, 0.29) is 11.8 Å². The predicted octanol–water partition coefficient (Wildman–Crippen LogP) is 4.43. The minimum atomic E-state index is -0.116. The Labute approximate surface area is 164 Å². The molecule has 1 heterocycles. The Morgan fingerprint density at radius 1 is 0.821 bits per heavy atom. The number of amides is 2. The molecule has 1 aliphatic carbocycles. The van der Waals surface area contributed by atoms with Crippen LogP contribution >= 0.6 is 0 Å². The van der Waals surface area contributed by atoms with Gasteiger partial charge < -0.3 is 10.2 Å². The molecule has 1 aliphatic heterocycles. The van der Waals surface area contributed by atoms with E-state index in [1.807, 2.05) is 23.1 Å². The quantitative estimate of drug-likeness (QED) is 0.742. The Morgan fingerprint density at radius 2 is 1.54 bits per heavy atom. The fourth-order valence-electron chi connectivity index (χ4n) is 4.44. The van der Waals surface area contributed by atoms with E-state index in [2.05, 4.69) is 17.4 Å². The Hall–Kier alpha value is -3.14. The van der Waals surface area contributed by atoms with Gasteiger partial charge in [0.15, 0.2) is 0 Å². The zero-order chi connectivity index (χ0) is 19.1. The average molecular weight is 370 g/mol. The minimum Gasteiger partial charge on any atom is -0.339 e. The van der Waals surface area contributed by atoms with Gasteiger partial charge in [0.25, 0.3) is 11.8 Å².